The minimum atomic E-state index is -0.197. The standard InChI is InChI=1S/C13H14BrFN2S/c1-8-7-18-12(17-8)6-11(16-2)13-9(14)4-3-5-10(13)15/h3-5,7,11,16H,6H2,1-2H3. The molecule has 0 amide bonds. The van der Waals surface area contributed by atoms with Gasteiger partial charge in [-0.1, -0.05) is 22.0 Å². The molecule has 2 aromatic rings. The summed E-state index contributed by atoms with van der Waals surface area (Å²) in [5.41, 5.74) is 1.67. The SMILES string of the molecule is CNC(Cc1nc(C)cs1)c1c(F)cccc1Br. The lowest BCUT2D eigenvalue weighted by Crippen LogP contribution is -2.20. The number of halogens is 2. The van der Waals surface area contributed by atoms with Crippen LogP contribution in [0.15, 0.2) is 28.1 Å². The van der Waals surface area contributed by atoms with Gasteiger partial charge in [-0.15, -0.1) is 11.3 Å². The zero-order valence-corrected chi connectivity index (χ0v) is 12.6. The maximum absolute atomic E-state index is 13.9. The van der Waals surface area contributed by atoms with Gasteiger partial charge in [-0.3, -0.25) is 0 Å². The summed E-state index contributed by atoms with van der Waals surface area (Å²) >= 11 is 5.02. The second kappa shape index (κ2) is 5.91. The van der Waals surface area contributed by atoms with Gasteiger partial charge in [0.05, 0.1) is 5.01 Å². The molecule has 96 valence electrons. The van der Waals surface area contributed by atoms with E-state index in [0.29, 0.717) is 12.0 Å². The van der Waals surface area contributed by atoms with Gasteiger partial charge in [0.25, 0.3) is 0 Å². The molecule has 0 aliphatic rings. The number of nitrogens with one attached hydrogen (secondary N) is 1. The number of aryl methyl sites for hydroxylation is 1. The van der Waals surface area contributed by atoms with Crippen LogP contribution in [0.1, 0.15) is 22.3 Å². The summed E-state index contributed by atoms with van der Waals surface area (Å²) in [7, 11) is 1.84. The molecule has 1 heterocycles. The Labute approximate surface area is 118 Å². The smallest absolute Gasteiger partial charge is 0.129 e. The number of hydrogen-bond donors (Lipinski definition) is 1. The van der Waals surface area contributed by atoms with E-state index in [-0.39, 0.29) is 11.9 Å². The van der Waals surface area contributed by atoms with Crippen molar-refractivity contribution < 1.29 is 4.39 Å². The molecule has 18 heavy (non-hydrogen) atoms. The van der Waals surface area contributed by atoms with E-state index < -0.39 is 0 Å². The molecule has 0 bridgehead atoms. The average Bonchev–Trinajstić information content (AvgIpc) is 2.73. The van der Waals surface area contributed by atoms with Crippen molar-refractivity contribution in [1.82, 2.24) is 10.3 Å². The maximum Gasteiger partial charge on any atom is 0.129 e. The number of likely N-dealkylation sites (N-methyl/N-ethyl adjacent to an activating group) is 1. The van der Waals surface area contributed by atoms with Crippen LogP contribution >= 0.6 is 27.3 Å². The molecule has 0 aliphatic carbocycles. The van der Waals surface area contributed by atoms with Crippen LogP contribution < -0.4 is 5.32 Å². The minimum Gasteiger partial charge on any atom is -0.313 e. The number of benzene rings is 1. The van der Waals surface area contributed by atoms with Crippen molar-refractivity contribution in [2.75, 3.05) is 7.05 Å². The monoisotopic (exact) mass is 328 g/mol. The van der Waals surface area contributed by atoms with Gasteiger partial charge in [-0.2, -0.15) is 0 Å². The van der Waals surface area contributed by atoms with Crippen LogP contribution in [0.25, 0.3) is 0 Å². The van der Waals surface area contributed by atoms with Crippen molar-refractivity contribution in [3.8, 4) is 0 Å². The maximum atomic E-state index is 13.9. The molecular formula is C13H14BrFN2S. The molecular weight excluding hydrogens is 315 g/mol. The van der Waals surface area contributed by atoms with E-state index in [9.17, 15) is 4.39 Å². The lowest BCUT2D eigenvalue weighted by molar-refractivity contribution is 0.530. The van der Waals surface area contributed by atoms with E-state index >= 15 is 0 Å². The van der Waals surface area contributed by atoms with Gasteiger partial charge < -0.3 is 5.32 Å². The zero-order chi connectivity index (χ0) is 13.1. The Bertz CT molecular complexity index is 521. The van der Waals surface area contributed by atoms with E-state index in [2.05, 4.69) is 26.2 Å². The predicted molar refractivity (Wildman–Crippen MR) is 76.5 cm³/mol. The van der Waals surface area contributed by atoms with E-state index in [0.717, 1.165) is 15.2 Å². The number of aromatic nitrogens is 1. The number of rotatable bonds is 4. The largest absolute Gasteiger partial charge is 0.313 e. The summed E-state index contributed by atoms with van der Waals surface area (Å²) in [5, 5.41) is 6.18. The highest BCUT2D eigenvalue weighted by atomic mass is 79.9. The molecule has 2 rings (SSSR count). The molecule has 0 radical (unpaired) electrons. The van der Waals surface area contributed by atoms with E-state index in [1.54, 1.807) is 17.4 Å². The molecule has 0 aliphatic heterocycles. The Morgan fingerprint density at radius 2 is 2.28 bits per heavy atom. The van der Waals surface area contributed by atoms with E-state index in [4.69, 9.17) is 0 Å². The summed E-state index contributed by atoms with van der Waals surface area (Å²) in [4.78, 5) is 4.42. The lowest BCUT2D eigenvalue weighted by atomic mass is 10.0. The molecule has 1 unspecified atom stereocenters. The number of thiazole rings is 1. The van der Waals surface area contributed by atoms with Gasteiger partial charge in [0.15, 0.2) is 0 Å². The van der Waals surface area contributed by atoms with Crippen molar-refractivity contribution in [2.45, 2.75) is 19.4 Å². The van der Waals surface area contributed by atoms with E-state index in [1.165, 1.54) is 6.07 Å². The van der Waals surface area contributed by atoms with Crippen molar-refractivity contribution >= 4 is 27.3 Å². The van der Waals surface area contributed by atoms with Crippen LogP contribution in [0.2, 0.25) is 0 Å². The summed E-state index contributed by atoms with van der Waals surface area (Å²) in [6.45, 7) is 1.97. The third kappa shape index (κ3) is 2.96. The number of nitrogens with zero attached hydrogens (tertiary/aromatic N) is 1. The van der Waals surface area contributed by atoms with Crippen molar-refractivity contribution in [3.05, 3.63) is 50.1 Å². The first-order chi connectivity index (χ1) is 8.61. The molecule has 1 aromatic carbocycles. The molecule has 0 fully saturated rings. The zero-order valence-electron chi connectivity index (χ0n) is 10.2. The van der Waals surface area contributed by atoms with Gasteiger partial charge in [-0.25, -0.2) is 9.37 Å². The molecule has 0 spiro atoms. The van der Waals surface area contributed by atoms with Crippen LogP contribution in [0.4, 0.5) is 4.39 Å². The number of hydrogen-bond acceptors (Lipinski definition) is 3. The molecule has 0 saturated heterocycles. The molecule has 5 heteroatoms. The topological polar surface area (TPSA) is 24.9 Å². The average molecular weight is 329 g/mol. The molecule has 2 nitrogen and oxygen atoms in total. The van der Waals surface area contributed by atoms with Crippen molar-refractivity contribution in [1.29, 1.82) is 0 Å². The Balaban J connectivity index is 2.28. The van der Waals surface area contributed by atoms with Gasteiger partial charge in [0, 0.05) is 33.6 Å². The van der Waals surface area contributed by atoms with Gasteiger partial charge in [0.1, 0.15) is 5.82 Å². The second-order valence-electron chi connectivity index (χ2n) is 4.06. The van der Waals surface area contributed by atoms with Crippen LogP contribution in [0, 0.1) is 12.7 Å². The predicted octanol–water partition coefficient (Wildman–Crippen LogP) is 3.86. The first-order valence-corrected chi connectivity index (χ1v) is 7.31. The Morgan fingerprint density at radius 1 is 1.50 bits per heavy atom. The fourth-order valence-electron chi connectivity index (χ4n) is 1.86. The molecule has 0 saturated carbocycles. The summed E-state index contributed by atoms with van der Waals surface area (Å²) in [6.07, 6.45) is 0.689. The highest BCUT2D eigenvalue weighted by Crippen LogP contribution is 2.29. The van der Waals surface area contributed by atoms with Crippen LogP contribution in [-0.2, 0) is 6.42 Å². The summed E-state index contributed by atoms with van der Waals surface area (Å²) in [5.74, 6) is -0.197. The highest BCUT2D eigenvalue weighted by molar-refractivity contribution is 9.10. The summed E-state index contributed by atoms with van der Waals surface area (Å²) in [6, 6.07) is 4.96. The van der Waals surface area contributed by atoms with Gasteiger partial charge >= 0.3 is 0 Å². The van der Waals surface area contributed by atoms with E-state index in [1.807, 2.05) is 25.4 Å². The Morgan fingerprint density at radius 3 is 2.83 bits per heavy atom. The minimum absolute atomic E-state index is 0.0777. The van der Waals surface area contributed by atoms with Crippen molar-refractivity contribution in [2.24, 2.45) is 0 Å². The molecule has 1 N–H and O–H groups in total. The second-order valence-corrected chi connectivity index (χ2v) is 5.86. The quantitative estimate of drug-likeness (QED) is 0.921. The Kier molecular flexibility index (Phi) is 4.48. The van der Waals surface area contributed by atoms with Gasteiger partial charge in [0.2, 0.25) is 0 Å². The molecule has 1 atom stereocenters. The third-order valence-electron chi connectivity index (χ3n) is 2.74. The van der Waals surface area contributed by atoms with Crippen molar-refractivity contribution in [3.63, 3.8) is 0 Å². The normalized spacial score (nSPS) is 12.7. The fourth-order valence-corrected chi connectivity index (χ4v) is 3.30. The molecule has 1 aromatic heterocycles. The lowest BCUT2D eigenvalue weighted by Gasteiger charge is -2.17. The van der Waals surface area contributed by atoms with Crippen LogP contribution in [-0.4, -0.2) is 12.0 Å². The Hall–Kier alpha value is -0.780. The fraction of sp³-hybridized carbons (Fsp3) is 0.308. The summed E-state index contributed by atoms with van der Waals surface area (Å²) < 4.78 is 14.7. The van der Waals surface area contributed by atoms with Gasteiger partial charge in [-0.05, 0) is 26.1 Å². The van der Waals surface area contributed by atoms with Crippen LogP contribution in [0.5, 0.6) is 0 Å². The highest BCUT2D eigenvalue weighted by Gasteiger charge is 2.18. The van der Waals surface area contributed by atoms with Crippen LogP contribution in [0.3, 0.4) is 0 Å². The first-order valence-electron chi connectivity index (χ1n) is 5.64. The third-order valence-corrected chi connectivity index (χ3v) is 4.42. The first kappa shape index (κ1) is 13.6.